The fraction of sp³-hybridized carbons (Fsp3) is 0.389. The summed E-state index contributed by atoms with van der Waals surface area (Å²) in [5.41, 5.74) is 2.69. The van der Waals surface area contributed by atoms with Crippen molar-refractivity contribution in [2.75, 3.05) is 11.5 Å². The molecule has 1 saturated heterocycles. The lowest BCUT2D eigenvalue weighted by Crippen LogP contribution is -2.07. The second-order valence-corrected chi connectivity index (χ2v) is 10.3. The van der Waals surface area contributed by atoms with Gasteiger partial charge in [0, 0.05) is 17.6 Å². The van der Waals surface area contributed by atoms with Gasteiger partial charge < -0.3 is 4.42 Å². The standard InChI is InChI=1S/C18H18ClN3O3S2/c1-11-13-4-2-3-5-14(13)20-15(17(11)19)9-26-18-22-21-16(25-18)8-12-6-7-27(23,24)10-12/h2-5,12H,6-10H2,1H3/t12-/m0/s1. The van der Waals surface area contributed by atoms with Gasteiger partial charge in [0.1, 0.15) is 0 Å². The van der Waals surface area contributed by atoms with Gasteiger partial charge in [-0.15, -0.1) is 10.2 Å². The molecular formula is C18H18ClN3O3S2. The fourth-order valence-electron chi connectivity index (χ4n) is 3.30. The number of sulfone groups is 1. The monoisotopic (exact) mass is 423 g/mol. The van der Waals surface area contributed by atoms with Crippen LogP contribution in [0.3, 0.4) is 0 Å². The van der Waals surface area contributed by atoms with E-state index in [0.717, 1.165) is 22.2 Å². The lowest BCUT2D eigenvalue weighted by molar-refractivity contribution is 0.389. The second-order valence-electron chi connectivity index (χ2n) is 6.74. The molecule has 1 aliphatic heterocycles. The number of hydrogen-bond acceptors (Lipinski definition) is 7. The molecule has 0 unspecified atom stereocenters. The van der Waals surface area contributed by atoms with Gasteiger partial charge in [0.15, 0.2) is 9.84 Å². The van der Waals surface area contributed by atoms with E-state index < -0.39 is 9.84 Å². The van der Waals surface area contributed by atoms with Crippen molar-refractivity contribution in [2.24, 2.45) is 5.92 Å². The average Bonchev–Trinajstić information content (AvgIpc) is 3.23. The molecule has 0 saturated carbocycles. The van der Waals surface area contributed by atoms with Crippen LogP contribution < -0.4 is 0 Å². The van der Waals surface area contributed by atoms with Gasteiger partial charge in [0.05, 0.1) is 27.7 Å². The van der Waals surface area contributed by atoms with Crippen LogP contribution in [0.1, 0.15) is 23.6 Å². The number of pyridine rings is 1. The minimum Gasteiger partial charge on any atom is -0.416 e. The highest BCUT2D eigenvalue weighted by Gasteiger charge is 2.29. The third-order valence-corrected chi connectivity index (χ3v) is 7.89. The van der Waals surface area contributed by atoms with Crippen LogP contribution in [0.15, 0.2) is 33.9 Å². The van der Waals surface area contributed by atoms with Crippen molar-refractivity contribution in [2.45, 2.75) is 30.7 Å². The molecule has 4 rings (SSSR count). The molecule has 1 fully saturated rings. The number of rotatable bonds is 5. The molecule has 27 heavy (non-hydrogen) atoms. The van der Waals surface area contributed by atoms with Crippen LogP contribution >= 0.6 is 23.4 Å². The lowest BCUT2D eigenvalue weighted by Gasteiger charge is -2.08. The molecule has 1 atom stereocenters. The highest BCUT2D eigenvalue weighted by Crippen LogP contribution is 2.31. The average molecular weight is 424 g/mol. The van der Waals surface area contributed by atoms with Crippen LogP contribution in [-0.4, -0.2) is 35.1 Å². The van der Waals surface area contributed by atoms with Crippen molar-refractivity contribution in [3.8, 4) is 0 Å². The van der Waals surface area contributed by atoms with Gasteiger partial charge in [-0.25, -0.2) is 8.42 Å². The lowest BCUT2D eigenvalue weighted by atomic mass is 10.1. The van der Waals surface area contributed by atoms with E-state index in [1.165, 1.54) is 11.8 Å². The van der Waals surface area contributed by atoms with Gasteiger partial charge in [-0.05, 0) is 30.9 Å². The summed E-state index contributed by atoms with van der Waals surface area (Å²) in [5.74, 6) is 1.51. The molecule has 3 heterocycles. The summed E-state index contributed by atoms with van der Waals surface area (Å²) < 4.78 is 28.8. The second kappa shape index (κ2) is 7.41. The molecule has 2 aromatic heterocycles. The predicted molar refractivity (Wildman–Crippen MR) is 106 cm³/mol. The van der Waals surface area contributed by atoms with Crippen LogP contribution in [-0.2, 0) is 22.0 Å². The van der Waals surface area contributed by atoms with Crippen molar-refractivity contribution >= 4 is 44.1 Å². The van der Waals surface area contributed by atoms with Crippen LogP contribution in [0.25, 0.3) is 10.9 Å². The van der Waals surface area contributed by atoms with Crippen molar-refractivity contribution in [3.63, 3.8) is 0 Å². The Morgan fingerprint density at radius 3 is 2.89 bits per heavy atom. The summed E-state index contributed by atoms with van der Waals surface area (Å²) >= 11 is 7.86. The van der Waals surface area contributed by atoms with E-state index in [-0.39, 0.29) is 17.4 Å². The number of aryl methyl sites for hydroxylation is 1. The van der Waals surface area contributed by atoms with Crippen molar-refractivity contribution in [3.05, 3.63) is 46.4 Å². The zero-order valence-corrected chi connectivity index (χ0v) is 17.1. The molecule has 142 valence electrons. The Hall–Kier alpha value is -1.64. The minimum atomic E-state index is -2.90. The maximum absolute atomic E-state index is 11.6. The Balaban J connectivity index is 1.45. The Morgan fingerprint density at radius 1 is 1.30 bits per heavy atom. The zero-order chi connectivity index (χ0) is 19.0. The molecule has 0 N–H and O–H groups in total. The Bertz CT molecular complexity index is 1100. The van der Waals surface area contributed by atoms with Gasteiger partial charge in [-0.2, -0.15) is 0 Å². The first kappa shape index (κ1) is 18.7. The molecule has 1 aromatic carbocycles. The summed E-state index contributed by atoms with van der Waals surface area (Å²) in [6.45, 7) is 1.99. The van der Waals surface area contributed by atoms with Gasteiger partial charge in [0.2, 0.25) is 5.89 Å². The van der Waals surface area contributed by atoms with E-state index in [4.69, 9.17) is 16.0 Å². The third kappa shape index (κ3) is 4.12. The maximum Gasteiger partial charge on any atom is 0.276 e. The number of para-hydroxylation sites is 1. The maximum atomic E-state index is 11.6. The Morgan fingerprint density at radius 2 is 2.11 bits per heavy atom. The molecule has 0 spiro atoms. The normalized spacial score (nSPS) is 19.0. The van der Waals surface area contributed by atoms with Gasteiger partial charge in [-0.1, -0.05) is 41.6 Å². The Labute approximate surface area is 166 Å². The fourth-order valence-corrected chi connectivity index (χ4v) is 6.18. The highest BCUT2D eigenvalue weighted by atomic mass is 35.5. The van der Waals surface area contributed by atoms with E-state index in [2.05, 4.69) is 15.2 Å². The Kier molecular flexibility index (Phi) is 5.13. The molecule has 6 nitrogen and oxygen atoms in total. The molecular weight excluding hydrogens is 406 g/mol. The number of halogens is 1. The SMILES string of the molecule is Cc1c(Cl)c(CSc2nnc(C[C@@H]3CCS(=O)(=O)C3)o2)nc2ccccc12. The summed E-state index contributed by atoms with van der Waals surface area (Å²) in [6, 6.07) is 7.89. The summed E-state index contributed by atoms with van der Waals surface area (Å²) in [6.07, 6.45) is 1.16. The molecule has 0 bridgehead atoms. The quantitative estimate of drug-likeness (QED) is 0.576. The number of aromatic nitrogens is 3. The molecule has 3 aromatic rings. The molecule has 1 aliphatic rings. The molecule has 9 heteroatoms. The van der Waals surface area contributed by atoms with Gasteiger partial charge in [-0.3, -0.25) is 4.98 Å². The molecule has 0 amide bonds. The van der Waals surface area contributed by atoms with E-state index in [1.54, 1.807) is 0 Å². The van der Waals surface area contributed by atoms with Crippen molar-refractivity contribution in [1.82, 2.24) is 15.2 Å². The molecule has 0 radical (unpaired) electrons. The first-order valence-electron chi connectivity index (χ1n) is 8.60. The summed E-state index contributed by atoms with van der Waals surface area (Å²) in [4.78, 5) is 4.65. The third-order valence-electron chi connectivity index (χ3n) is 4.72. The highest BCUT2D eigenvalue weighted by molar-refractivity contribution is 7.98. The number of benzene rings is 1. The first-order chi connectivity index (χ1) is 12.9. The first-order valence-corrected chi connectivity index (χ1v) is 11.8. The van der Waals surface area contributed by atoms with Crippen LogP contribution in [0.2, 0.25) is 5.02 Å². The van der Waals surface area contributed by atoms with E-state index >= 15 is 0 Å². The van der Waals surface area contributed by atoms with Crippen molar-refractivity contribution < 1.29 is 12.8 Å². The number of fused-ring (bicyclic) bond motifs is 1. The topological polar surface area (TPSA) is 86.0 Å². The molecule has 0 aliphatic carbocycles. The smallest absolute Gasteiger partial charge is 0.276 e. The number of nitrogens with zero attached hydrogens (tertiary/aromatic N) is 3. The predicted octanol–water partition coefficient (Wildman–Crippen LogP) is 3.85. The van der Waals surface area contributed by atoms with E-state index in [9.17, 15) is 8.42 Å². The van der Waals surface area contributed by atoms with Crippen molar-refractivity contribution in [1.29, 1.82) is 0 Å². The van der Waals surface area contributed by atoms with E-state index in [0.29, 0.717) is 34.7 Å². The number of thioether (sulfide) groups is 1. The van der Waals surface area contributed by atoms with Gasteiger partial charge >= 0.3 is 0 Å². The van der Waals surface area contributed by atoms with E-state index in [1.807, 2.05) is 31.2 Å². The summed E-state index contributed by atoms with van der Waals surface area (Å²) in [7, 11) is -2.90. The van der Waals surface area contributed by atoms with Crippen LogP contribution in [0, 0.1) is 12.8 Å². The van der Waals surface area contributed by atoms with Crippen LogP contribution in [0.4, 0.5) is 0 Å². The number of hydrogen-bond donors (Lipinski definition) is 0. The largest absolute Gasteiger partial charge is 0.416 e. The minimum absolute atomic E-state index is 0.0625. The zero-order valence-electron chi connectivity index (χ0n) is 14.7. The summed E-state index contributed by atoms with van der Waals surface area (Å²) in [5, 5.41) is 10.2. The van der Waals surface area contributed by atoms with Gasteiger partial charge in [0.25, 0.3) is 5.22 Å². The van der Waals surface area contributed by atoms with Crippen LogP contribution in [0.5, 0.6) is 0 Å².